The maximum atomic E-state index is 10.7. The molecule has 0 aliphatic rings. The summed E-state index contributed by atoms with van der Waals surface area (Å²) in [5.74, 6) is 0. The van der Waals surface area contributed by atoms with E-state index in [-0.39, 0.29) is 18.3 Å². The van der Waals surface area contributed by atoms with Crippen LogP contribution >= 0.6 is 0 Å². The van der Waals surface area contributed by atoms with Gasteiger partial charge in [0, 0.05) is 5.54 Å². The quantitative estimate of drug-likeness (QED) is 0.457. The van der Waals surface area contributed by atoms with Crippen LogP contribution in [-0.2, 0) is 0 Å². The van der Waals surface area contributed by atoms with Gasteiger partial charge >= 0.3 is 6.03 Å². The van der Waals surface area contributed by atoms with Crippen LogP contribution in [0.4, 0.5) is 4.79 Å². The lowest BCUT2D eigenvalue weighted by atomic mass is 10.1. The van der Waals surface area contributed by atoms with Crippen LogP contribution < -0.4 is 10.6 Å². The van der Waals surface area contributed by atoms with E-state index in [1.165, 1.54) is 0 Å². The lowest BCUT2D eigenvalue weighted by Gasteiger charge is -2.19. The molecule has 2 amide bonds. The third kappa shape index (κ3) is 5.37. The van der Waals surface area contributed by atoms with Gasteiger partial charge in [0.1, 0.15) is 6.73 Å². The van der Waals surface area contributed by atoms with E-state index < -0.39 is 0 Å². The summed E-state index contributed by atoms with van der Waals surface area (Å²) < 4.78 is 0. The molecule has 0 heterocycles. The van der Waals surface area contributed by atoms with Crippen molar-refractivity contribution in [1.29, 1.82) is 0 Å². The Labute approximate surface area is 60.6 Å². The van der Waals surface area contributed by atoms with E-state index in [0.29, 0.717) is 0 Å². The number of amides is 2. The van der Waals surface area contributed by atoms with Crippen molar-refractivity contribution in [3.8, 4) is 0 Å². The van der Waals surface area contributed by atoms with Crippen LogP contribution in [0, 0.1) is 0 Å². The van der Waals surface area contributed by atoms with E-state index in [1.54, 1.807) is 0 Å². The Balaban J connectivity index is 3.58. The van der Waals surface area contributed by atoms with Gasteiger partial charge in [0.15, 0.2) is 0 Å². The standard InChI is InChI=1S/C6H14N2O2/c1-6(2,3)8-5(10)7-4-9/h9H,4H2,1-3H3,(H2,7,8,10). The van der Waals surface area contributed by atoms with E-state index in [2.05, 4.69) is 10.6 Å². The van der Waals surface area contributed by atoms with Crippen molar-refractivity contribution >= 4 is 6.03 Å². The van der Waals surface area contributed by atoms with Gasteiger partial charge < -0.3 is 15.7 Å². The first kappa shape index (κ1) is 9.23. The predicted molar refractivity (Wildman–Crippen MR) is 38.5 cm³/mol. The summed E-state index contributed by atoms with van der Waals surface area (Å²) >= 11 is 0. The molecule has 4 nitrogen and oxygen atoms in total. The Kier molecular flexibility index (Phi) is 3.15. The van der Waals surface area contributed by atoms with E-state index in [4.69, 9.17) is 5.11 Å². The molecule has 0 saturated carbocycles. The number of rotatable bonds is 1. The van der Waals surface area contributed by atoms with Gasteiger partial charge in [-0.05, 0) is 20.8 Å². The molecular weight excluding hydrogens is 132 g/mol. The molecule has 10 heavy (non-hydrogen) atoms. The highest BCUT2D eigenvalue weighted by atomic mass is 16.3. The maximum absolute atomic E-state index is 10.7. The summed E-state index contributed by atoms with van der Waals surface area (Å²) in [4.78, 5) is 10.7. The topological polar surface area (TPSA) is 61.4 Å². The van der Waals surface area contributed by atoms with Crippen molar-refractivity contribution < 1.29 is 9.90 Å². The van der Waals surface area contributed by atoms with Crippen LogP contribution in [0.3, 0.4) is 0 Å². The molecule has 0 atom stereocenters. The predicted octanol–water partition coefficient (Wildman–Crippen LogP) is 0.0339. The van der Waals surface area contributed by atoms with Crippen LogP contribution in [0.1, 0.15) is 20.8 Å². The third-order valence-electron chi connectivity index (χ3n) is 0.728. The van der Waals surface area contributed by atoms with Crippen molar-refractivity contribution in [3.05, 3.63) is 0 Å². The van der Waals surface area contributed by atoms with Crippen LogP contribution in [0.2, 0.25) is 0 Å². The minimum atomic E-state index is -0.352. The molecule has 4 heteroatoms. The maximum Gasteiger partial charge on any atom is 0.316 e. The summed E-state index contributed by atoms with van der Waals surface area (Å²) in [5.41, 5.74) is -0.251. The monoisotopic (exact) mass is 146 g/mol. The average molecular weight is 146 g/mol. The normalized spacial score (nSPS) is 10.8. The number of aliphatic hydroxyl groups is 1. The summed E-state index contributed by atoms with van der Waals surface area (Å²) in [5, 5.41) is 13.1. The van der Waals surface area contributed by atoms with Gasteiger partial charge in [-0.2, -0.15) is 0 Å². The highest BCUT2D eigenvalue weighted by Crippen LogP contribution is 1.96. The second kappa shape index (κ2) is 3.41. The molecule has 0 aliphatic carbocycles. The second-order valence-electron chi connectivity index (χ2n) is 3.04. The van der Waals surface area contributed by atoms with Crippen LogP contribution in [0.5, 0.6) is 0 Å². The smallest absolute Gasteiger partial charge is 0.316 e. The van der Waals surface area contributed by atoms with Gasteiger partial charge in [0.2, 0.25) is 0 Å². The highest BCUT2D eigenvalue weighted by Gasteiger charge is 2.11. The molecule has 3 N–H and O–H groups in total. The molecule has 0 fully saturated rings. The van der Waals surface area contributed by atoms with Gasteiger partial charge in [-0.1, -0.05) is 0 Å². The molecule has 0 aromatic carbocycles. The zero-order chi connectivity index (χ0) is 8.20. The van der Waals surface area contributed by atoms with Gasteiger partial charge in [-0.25, -0.2) is 4.79 Å². The molecule has 0 spiro atoms. The number of hydrogen-bond acceptors (Lipinski definition) is 2. The molecule has 0 aliphatic heterocycles. The zero-order valence-corrected chi connectivity index (χ0v) is 6.56. The van der Waals surface area contributed by atoms with Crippen LogP contribution in [0.15, 0.2) is 0 Å². The third-order valence-corrected chi connectivity index (χ3v) is 0.728. The highest BCUT2D eigenvalue weighted by molar-refractivity contribution is 5.74. The minimum Gasteiger partial charge on any atom is -0.376 e. The van der Waals surface area contributed by atoms with Crippen molar-refractivity contribution in [2.24, 2.45) is 0 Å². The molecule has 0 bridgehead atoms. The molecular formula is C6H14N2O2. The molecule has 0 saturated heterocycles. The summed E-state index contributed by atoms with van der Waals surface area (Å²) in [6.07, 6.45) is 0. The largest absolute Gasteiger partial charge is 0.376 e. The average Bonchev–Trinajstić information content (AvgIpc) is 1.59. The fourth-order valence-electron chi connectivity index (χ4n) is 0.457. The summed E-state index contributed by atoms with van der Waals surface area (Å²) in [7, 11) is 0. The number of nitrogens with one attached hydrogen (secondary N) is 2. The first-order valence-electron chi connectivity index (χ1n) is 3.12. The lowest BCUT2D eigenvalue weighted by molar-refractivity contribution is 0.210. The van der Waals surface area contributed by atoms with Gasteiger partial charge in [0.05, 0.1) is 0 Å². The Morgan fingerprint density at radius 1 is 1.50 bits per heavy atom. The van der Waals surface area contributed by atoms with Crippen LogP contribution in [0.25, 0.3) is 0 Å². The van der Waals surface area contributed by atoms with Crippen molar-refractivity contribution in [2.75, 3.05) is 6.73 Å². The zero-order valence-electron chi connectivity index (χ0n) is 6.56. The molecule has 60 valence electrons. The minimum absolute atomic E-state index is 0.251. The fraction of sp³-hybridized carbons (Fsp3) is 0.833. The second-order valence-corrected chi connectivity index (χ2v) is 3.04. The van der Waals surface area contributed by atoms with Gasteiger partial charge in [0.25, 0.3) is 0 Å². The van der Waals surface area contributed by atoms with Gasteiger partial charge in [-0.3, -0.25) is 0 Å². The molecule has 0 aromatic rings. The number of aliphatic hydroxyl groups excluding tert-OH is 1. The van der Waals surface area contributed by atoms with E-state index in [1.807, 2.05) is 20.8 Å². The lowest BCUT2D eigenvalue weighted by Crippen LogP contribution is -2.46. The molecule has 0 unspecified atom stereocenters. The van der Waals surface area contributed by atoms with E-state index in [0.717, 1.165) is 0 Å². The van der Waals surface area contributed by atoms with Crippen molar-refractivity contribution in [2.45, 2.75) is 26.3 Å². The van der Waals surface area contributed by atoms with E-state index >= 15 is 0 Å². The molecule has 0 radical (unpaired) electrons. The Morgan fingerprint density at radius 3 is 2.30 bits per heavy atom. The van der Waals surface area contributed by atoms with Crippen molar-refractivity contribution in [3.63, 3.8) is 0 Å². The fourth-order valence-corrected chi connectivity index (χ4v) is 0.457. The number of carbonyl (C=O) groups is 1. The molecule has 0 rings (SSSR count). The van der Waals surface area contributed by atoms with E-state index in [9.17, 15) is 4.79 Å². The first-order valence-corrected chi connectivity index (χ1v) is 3.12. The first-order chi connectivity index (χ1) is 4.45. The number of carbonyl (C=O) groups excluding carboxylic acids is 1. The SMILES string of the molecule is CC(C)(C)NC(=O)NCO. The molecule has 0 aromatic heterocycles. The Morgan fingerprint density at radius 2 is 2.00 bits per heavy atom. The number of urea groups is 1. The summed E-state index contributed by atoms with van der Waals surface area (Å²) in [6, 6.07) is -0.352. The van der Waals surface area contributed by atoms with Crippen molar-refractivity contribution in [1.82, 2.24) is 10.6 Å². The van der Waals surface area contributed by atoms with Gasteiger partial charge in [-0.15, -0.1) is 0 Å². The van der Waals surface area contributed by atoms with Crippen LogP contribution in [-0.4, -0.2) is 23.4 Å². The number of hydrogen-bond donors (Lipinski definition) is 3. The summed E-state index contributed by atoms with van der Waals surface area (Å²) in [6.45, 7) is 5.26. The Bertz CT molecular complexity index is 117. The Hall–Kier alpha value is -0.770.